The number of carbonyl (C=O) groups is 2. The van der Waals surface area contributed by atoms with Crippen molar-refractivity contribution in [1.29, 1.82) is 0 Å². The molecule has 0 radical (unpaired) electrons. The second-order valence-corrected chi connectivity index (χ2v) is 6.71. The molecule has 21 heavy (non-hydrogen) atoms. The molecule has 0 bridgehead atoms. The van der Waals surface area contributed by atoms with E-state index in [1.807, 2.05) is 38.1 Å². The first-order valence-corrected chi connectivity index (χ1v) is 8.07. The Morgan fingerprint density at radius 3 is 2.48 bits per heavy atom. The fourth-order valence-electron chi connectivity index (χ4n) is 2.29. The summed E-state index contributed by atoms with van der Waals surface area (Å²) in [5.41, 5.74) is 0.687. The molecule has 4 nitrogen and oxygen atoms in total. The maximum Gasteiger partial charge on any atom is 0.230 e. The number of benzene rings is 1. The molecule has 1 fully saturated rings. The van der Waals surface area contributed by atoms with Crippen LogP contribution in [0.25, 0.3) is 0 Å². The van der Waals surface area contributed by atoms with E-state index in [2.05, 4.69) is 26.6 Å². The van der Waals surface area contributed by atoms with Crippen LogP contribution in [0, 0.1) is 5.92 Å². The van der Waals surface area contributed by atoms with Crippen molar-refractivity contribution >= 4 is 27.7 Å². The Morgan fingerprint density at radius 2 is 1.90 bits per heavy atom. The van der Waals surface area contributed by atoms with E-state index in [9.17, 15) is 9.59 Å². The lowest BCUT2D eigenvalue weighted by atomic mass is 9.95. The largest absolute Gasteiger partial charge is 0.354 e. The number of amides is 2. The molecule has 1 aliphatic rings. The summed E-state index contributed by atoms with van der Waals surface area (Å²) in [4.78, 5) is 23.8. The number of nitrogens with one attached hydrogen (secondary N) is 2. The number of halogens is 1. The lowest BCUT2D eigenvalue weighted by Crippen LogP contribution is -2.40. The van der Waals surface area contributed by atoms with E-state index in [-0.39, 0.29) is 23.1 Å². The molecule has 2 N–H and O–H groups in total. The minimum absolute atomic E-state index is 0.0115. The molecule has 2 rings (SSSR count). The Bertz CT molecular complexity index is 539. The number of rotatable bonds is 6. The van der Waals surface area contributed by atoms with Crippen LogP contribution in [0.2, 0.25) is 0 Å². The predicted molar refractivity (Wildman–Crippen MR) is 85.9 cm³/mol. The van der Waals surface area contributed by atoms with E-state index >= 15 is 0 Å². The van der Waals surface area contributed by atoms with Crippen molar-refractivity contribution in [2.75, 3.05) is 13.1 Å². The van der Waals surface area contributed by atoms with Crippen LogP contribution in [0.15, 0.2) is 28.7 Å². The molecular weight excluding hydrogens is 332 g/mol. The molecule has 5 heteroatoms. The third-order valence-electron chi connectivity index (χ3n) is 3.80. The zero-order chi connectivity index (χ0) is 15.5. The van der Waals surface area contributed by atoms with E-state index in [1.54, 1.807) is 0 Å². The summed E-state index contributed by atoms with van der Waals surface area (Å²) in [7, 11) is 0. The van der Waals surface area contributed by atoms with E-state index in [0.717, 1.165) is 22.9 Å². The van der Waals surface area contributed by atoms with E-state index in [4.69, 9.17) is 0 Å². The molecule has 0 saturated heterocycles. The van der Waals surface area contributed by atoms with Gasteiger partial charge in [-0.25, -0.2) is 0 Å². The summed E-state index contributed by atoms with van der Waals surface area (Å²) in [6, 6.07) is 7.92. The van der Waals surface area contributed by atoms with Gasteiger partial charge < -0.3 is 10.6 Å². The number of hydrogen-bond acceptors (Lipinski definition) is 2. The average molecular weight is 353 g/mol. The molecule has 2 amide bonds. The van der Waals surface area contributed by atoms with Crippen molar-refractivity contribution < 1.29 is 9.59 Å². The summed E-state index contributed by atoms with van der Waals surface area (Å²) in [6.07, 6.45) is 1.77. The van der Waals surface area contributed by atoms with Gasteiger partial charge in [-0.15, -0.1) is 0 Å². The topological polar surface area (TPSA) is 58.2 Å². The fourth-order valence-corrected chi connectivity index (χ4v) is 2.69. The first-order chi connectivity index (χ1) is 9.95. The highest BCUT2D eigenvalue weighted by molar-refractivity contribution is 9.10. The summed E-state index contributed by atoms with van der Waals surface area (Å²) in [6.45, 7) is 4.63. The molecule has 1 aromatic carbocycles. The second kappa shape index (κ2) is 6.60. The minimum Gasteiger partial charge on any atom is -0.354 e. The molecule has 1 aliphatic carbocycles. The quantitative estimate of drug-likeness (QED) is 0.772. The highest BCUT2D eigenvalue weighted by atomic mass is 79.9. The Hall–Kier alpha value is -1.36. The minimum atomic E-state index is -0.369. The molecule has 1 saturated carbocycles. The highest BCUT2D eigenvalue weighted by Crippen LogP contribution is 2.48. The SMILES string of the molecule is CC(C)C(=O)NCCNC(=O)C1(c2cccc(Br)c2)CC1. The monoisotopic (exact) mass is 352 g/mol. The molecule has 0 atom stereocenters. The fraction of sp³-hybridized carbons (Fsp3) is 0.500. The van der Waals surface area contributed by atoms with Crippen LogP contribution in [0.1, 0.15) is 32.3 Å². The summed E-state index contributed by atoms with van der Waals surface area (Å²) >= 11 is 3.45. The van der Waals surface area contributed by atoms with Crippen LogP contribution in [0.3, 0.4) is 0 Å². The Balaban J connectivity index is 1.85. The standard InChI is InChI=1S/C16H21BrN2O2/c1-11(2)14(20)18-8-9-19-15(21)16(6-7-16)12-4-3-5-13(17)10-12/h3-5,10-11H,6-9H2,1-2H3,(H,18,20)(H,19,21). The molecular formula is C16H21BrN2O2. The highest BCUT2D eigenvalue weighted by Gasteiger charge is 2.51. The van der Waals surface area contributed by atoms with Gasteiger partial charge >= 0.3 is 0 Å². The predicted octanol–water partition coefficient (Wildman–Crippen LogP) is 2.37. The lowest BCUT2D eigenvalue weighted by molar-refractivity contribution is -0.125. The van der Waals surface area contributed by atoms with Gasteiger partial charge in [-0.2, -0.15) is 0 Å². The third-order valence-corrected chi connectivity index (χ3v) is 4.29. The van der Waals surface area contributed by atoms with Gasteiger partial charge in [0.1, 0.15) is 0 Å². The zero-order valence-corrected chi connectivity index (χ0v) is 14.0. The van der Waals surface area contributed by atoms with Gasteiger partial charge in [-0.1, -0.05) is 41.9 Å². The molecule has 0 heterocycles. The Morgan fingerprint density at radius 1 is 1.24 bits per heavy atom. The Kier molecular flexibility index (Phi) is 5.04. The van der Waals surface area contributed by atoms with Crippen molar-refractivity contribution in [2.24, 2.45) is 5.92 Å². The van der Waals surface area contributed by atoms with Crippen LogP contribution in [0.5, 0.6) is 0 Å². The molecule has 1 aromatic rings. The van der Waals surface area contributed by atoms with Crippen LogP contribution < -0.4 is 10.6 Å². The number of hydrogen-bond donors (Lipinski definition) is 2. The normalized spacial score (nSPS) is 15.6. The van der Waals surface area contributed by atoms with Gasteiger partial charge in [0.2, 0.25) is 11.8 Å². The van der Waals surface area contributed by atoms with Crippen LogP contribution in [-0.4, -0.2) is 24.9 Å². The molecule has 0 aliphatic heterocycles. The third kappa shape index (κ3) is 3.84. The first kappa shape index (κ1) is 16.0. The zero-order valence-electron chi connectivity index (χ0n) is 12.4. The van der Waals surface area contributed by atoms with Gasteiger partial charge in [-0.05, 0) is 30.5 Å². The van der Waals surface area contributed by atoms with Crippen molar-refractivity contribution in [3.8, 4) is 0 Å². The van der Waals surface area contributed by atoms with Crippen molar-refractivity contribution in [3.63, 3.8) is 0 Å². The van der Waals surface area contributed by atoms with Gasteiger partial charge in [0.05, 0.1) is 5.41 Å². The van der Waals surface area contributed by atoms with Crippen LogP contribution in [-0.2, 0) is 15.0 Å². The average Bonchev–Trinajstić information content (AvgIpc) is 3.24. The van der Waals surface area contributed by atoms with Crippen molar-refractivity contribution in [2.45, 2.75) is 32.1 Å². The van der Waals surface area contributed by atoms with Gasteiger partial charge in [0, 0.05) is 23.5 Å². The van der Waals surface area contributed by atoms with Crippen LogP contribution in [0.4, 0.5) is 0 Å². The van der Waals surface area contributed by atoms with Crippen molar-refractivity contribution in [1.82, 2.24) is 10.6 Å². The Labute approximate surface area is 133 Å². The molecule has 0 unspecified atom stereocenters. The first-order valence-electron chi connectivity index (χ1n) is 7.28. The van der Waals surface area contributed by atoms with Crippen molar-refractivity contribution in [3.05, 3.63) is 34.3 Å². The summed E-state index contributed by atoms with van der Waals surface area (Å²) in [5.74, 6) is 0.0360. The van der Waals surface area contributed by atoms with Gasteiger partial charge in [0.15, 0.2) is 0 Å². The molecule has 114 valence electrons. The lowest BCUT2D eigenvalue weighted by Gasteiger charge is -2.16. The smallest absolute Gasteiger partial charge is 0.230 e. The van der Waals surface area contributed by atoms with Crippen LogP contribution >= 0.6 is 15.9 Å². The summed E-state index contributed by atoms with van der Waals surface area (Å²) < 4.78 is 0.989. The van der Waals surface area contributed by atoms with E-state index < -0.39 is 0 Å². The van der Waals surface area contributed by atoms with E-state index in [0.29, 0.717) is 13.1 Å². The second-order valence-electron chi connectivity index (χ2n) is 5.79. The van der Waals surface area contributed by atoms with Gasteiger partial charge in [0.25, 0.3) is 0 Å². The molecule has 0 spiro atoms. The van der Waals surface area contributed by atoms with Gasteiger partial charge in [-0.3, -0.25) is 9.59 Å². The maximum absolute atomic E-state index is 12.4. The van der Waals surface area contributed by atoms with E-state index in [1.165, 1.54) is 0 Å². The maximum atomic E-state index is 12.4. The number of carbonyl (C=O) groups excluding carboxylic acids is 2. The molecule has 0 aromatic heterocycles. The summed E-state index contributed by atoms with van der Waals surface area (Å²) in [5, 5.41) is 5.73.